The highest BCUT2D eigenvalue weighted by Gasteiger charge is 2.44. The van der Waals surface area contributed by atoms with Crippen molar-refractivity contribution in [2.24, 2.45) is 0 Å². The minimum atomic E-state index is -1.96. The molecular formula is C27H23N3O6. The number of carbonyl (C=O) groups is 3. The van der Waals surface area contributed by atoms with Crippen molar-refractivity contribution < 1.29 is 29.0 Å². The number of aromatic nitrogens is 2. The van der Waals surface area contributed by atoms with E-state index in [0.29, 0.717) is 29.8 Å². The number of nitrogens with two attached hydrogens (primary N) is 1. The molecule has 9 heteroatoms. The highest BCUT2D eigenvalue weighted by molar-refractivity contribution is 6.50. The fraction of sp³-hybridized carbons (Fsp3) is 0.185. The molecule has 1 unspecified atom stereocenters. The van der Waals surface area contributed by atoms with Crippen LogP contribution in [0.3, 0.4) is 0 Å². The maximum absolute atomic E-state index is 13.2. The zero-order valence-electron chi connectivity index (χ0n) is 19.6. The van der Waals surface area contributed by atoms with Crippen LogP contribution in [0.1, 0.15) is 34.1 Å². The van der Waals surface area contributed by atoms with Gasteiger partial charge in [0.2, 0.25) is 5.78 Å². The molecule has 5 rings (SSSR count). The molecule has 4 aromatic rings. The lowest BCUT2D eigenvalue weighted by molar-refractivity contribution is -0.149. The molecule has 0 radical (unpaired) electrons. The van der Waals surface area contributed by atoms with Crippen LogP contribution in [0, 0.1) is 0 Å². The number of ketones is 2. The molecule has 0 amide bonds. The first-order valence-electron chi connectivity index (χ1n) is 11.4. The number of anilines is 1. The van der Waals surface area contributed by atoms with E-state index in [1.54, 1.807) is 28.8 Å². The third-order valence-electron chi connectivity index (χ3n) is 6.36. The van der Waals surface area contributed by atoms with Crippen molar-refractivity contribution >= 4 is 28.7 Å². The number of carbonyl (C=O) groups excluding carboxylic acids is 2. The number of benzene rings is 2. The van der Waals surface area contributed by atoms with Gasteiger partial charge >= 0.3 is 5.97 Å². The fourth-order valence-corrected chi connectivity index (χ4v) is 4.60. The number of carboxylic acids is 1. The number of nitrogen functional groups attached to an aromatic ring is 1. The Kier molecular flexibility index (Phi) is 5.68. The Morgan fingerprint density at radius 3 is 2.44 bits per heavy atom. The Labute approximate surface area is 206 Å². The zero-order valence-corrected chi connectivity index (χ0v) is 19.6. The van der Waals surface area contributed by atoms with E-state index in [0.717, 1.165) is 16.8 Å². The van der Waals surface area contributed by atoms with E-state index in [-0.39, 0.29) is 22.5 Å². The predicted octanol–water partition coefficient (Wildman–Crippen LogP) is 3.34. The molecule has 0 bridgehead atoms. The summed E-state index contributed by atoms with van der Waals surface area (Å²) >= 11 is 0. The second kappa shape index (κ2) is 8.84. The van der Waals surface area contributed by atoms with Gasteiger partial charge in [0.1, 0.15) is 17.0 Å². The van der Waals surface area contributed by atoms with Gasteiger partial charge in [-0.25, -0.2) is 9.31 Å². The van der Waals surface area contributed by atoms with E-state index in [9.17, 15) is 19.5 Å². The van der Waals surface area contributed by atoms with E-state index < -0.39 is 23.6 Å². The van der Waals surface area contributed by atoms with Gasteiger partial charge in [0.05, 0.1) is 24.1 Å². The largest absolute Gasteiger partial charge is 0.497 e. The van der Waals surface area contributed by atoms with E-state index in [4.69, 9.17) is 20.3 Å². The molecule has 36 heavy (non-hydrogen) atoms. The third kappa shape index (κ3) is 3.56. The molecule has 9 nitrogen and oxygen atoms in total. The van der Waals surface area contributed by atoms with Crippen molar-refractivity contribution in [2.45, 2.75) is 25.9 Å². The maximum atomic E-state index is 13.2. The number of aliphatic carboxylic acids is 1. The minimum absolute atomic E-state index is 0.0562. The van der Waals surface area contributed by atoms with Crippen LogP contribution in [0.15, 0.2) is 54.6 Å². The molecule has 0 saturated heterocycles. The summed E-state index contributed by atoms with van der Waals surface area (Å²) in [6, 6.07) is 16.6. The summed E-state index contributed by atoms with van der Waals surface area (Å²) in [5.41, 5.74) is 10.4. The van der Waals surface area contributed by atoms with Crippen LogP contribution in [-0.4, -0.2) is 45.5 Å². The standard InChI is InChI=1S/C27H23N3O6/c1-3-17-18(13-14-7-5-4-6-8-14)30-22(20(17)28)25-19(23(31)24(32)26(36-25)27(33)34)21(29-30)15-9-11-16(35-2)12-10-15/h4-12,26H,3,13,28H2,1-2H3,(H,33,34). The molecule has 0 aliphatic carbocycles. The summed E-state index contributed by atoms with van der Waals surface area (Å²) in [6.45, 7) is 1.95. The summed E-state index contributed by atoms with van der Waals surface area (Å²) in [7, 11) is 1.54. The van der Waals surface area contributed by atoms with Gasteiger partial charge in [-0.1, -0.05) is 37.3 Å². The predicted molar refractivity (Wildman–Crippen MR) is 132 cm³/mol. The zero-order chi connectivity index (χ0) is 25.6. The van der Waals surface area contributed by atoms with Gasteiger partial charge in [0.25, 0.3) is 11.9 Å². The van der Waals surface area contributed by atoms with E-state index in [1.165, 1.54) is 7.11 Å². The second-order valence-corrected chi connectivity index (χ2v) is 8.43. The molecule has 3 N–H and O–H groups in total. The topological polar surface area (TPSA) is 133 Å². The van der Waals surface area contributed by atoms with Crippen molar-refractivity contribution in [1.29, 1.82) is 0 Å². The summed E-state index contributed by atoms with van der Waals surface area (Å²) in [5, 5.41) is 14.4. The number of hydrogen-bond acceptors (Lipinski definition) is 7. The number of rotatable bonds is 6. The number of hydrogen-bond donors (Lipinski definition) is 2. The fourth-order valence-electron chi connectivity index (χ4n) is 4.60. The van der Waals surface area contributed by atoms with Gasteiger partial charge in [0, 0.05) is 12.0 Å². The lowest BCUT2D eigenvalue weighted by atomic mass is 9.94. The number of ether oxygens (including phenoxy) is 2. The molecule has 1 aliphatic rings. The average Bonchev–Trinajstić information content (AvgIpc) is 3.16. The first kappa shape index (κ1) is 23.1. The SMILES string of the molecule is CCc1c(N)c2c3c(c(-c4ccc(OC)cc4)nn2c1Cc1ccccc1)C(=O)C(=O)C(C(=O)O)O3. The van der Waals surface area contributed by atoms with Crippen LogP contribution in [0.4, 0.5) is 5.69 Å². The van der Waals surface area contributed by atoms with Crippen molar-refractivity contribution in [3.05, 3.63) is 77.0 Å². The first-order valence-corrected chi connectivity index (χ1v) is 11.4. The lowest BCUT2D eigenvalue weighted by Crippen LogP contribution is -2.44. The smallest absolute Gasteiger partial charge is 0.353 e. The van der Waals surface area contributed by atoms with E-state index in [1.807, 2.05) is 37.3 Å². The van der Waals surface area contributed by atoms with Gasteiger partial charge < -0.3 is 20.3 Å². The Morgan fingerprint density at radius 1 is 1.14 bits per heavy atom. The number of carboxylic acid groups (broad SMARTS) is 1. The van der Waals surface area contributed by atoms with Crippen molar-refractivity contribution in [2.75, 3.05) is 12.8 Å². The lowest BCUT2D eigenvalue weighted by Gasteiger charge is -2.24. The van der Waals surface area contributed by atoms with Crippen molar-refractivity contribution in [3.8, 4) is 22.8 Å². The van der Waals surface area contributed by atoms with E-state index >= 15 is 0 Å². The summed E-state index contributed by atoms with van der Waals surface area (Å²) in [5.74, 6) is -3.15. The number of Topliss-reactive ketones (excluding diaryl/α,β-unsaturated/α-hetero) is 2. The summed E-state index contributed by atoms with van der Waals surface area (Å²) in [4.78, 5) is 37.7. The Bertz CT molecular complexity index is 1520. The normalized spacial score (nSPS) is 15.0. The van der Waals surface area contributed by atoms with Gasteiger partial charge in [-0.05, 0) is 41.8 Å². The molecule has 0 spiro atoms. The van der Waals surface area contributed by atoms with Crippen LogP contribution in [0.2, 0.25) is 0 Å². The minimum Gasteiger partial charge on any atom is -0.497 e. The molecule has 2 aromatic carbocycles. The molecule has 3 heterocycles. The number of methoxy groups -OCH3 is 1. The molecule has 1 atom stereocenters. The molecule has 1 aliphatic heterocycles. The molecule has 0 saturated carbocycles. The monoisotopic (exact) mass is 485 g/mol. The molecule has 2 aromatic heterocycles. The van der Waals surface area contributed by atoms with Crippen LogP contribution in [0.25, 0.3) is 16.8 Å². The second-order valence-electron chi connectivity index (χ2n) is 8.43. The number of nitrogens with zero attached hydrogens (tertiary/aromatic N) is 2. The molecular weight excluding hydrogens is 462 g/mol. The summed E-state index contributed by atoms with van der Waals surface area (Å²) in [6.07, 6.45) is -0.901. The average molecular weight is 485 g/mol. The van der Waals surface area contributed by atoms with Crippen LogP contribution in [-0.2, 0) is 22.4 Å². The van der Waals surface area contributed by atoms with Crippen molar-refractivity contribution in [1.82, 2.24) is 9.61 Å². The van der Waals surface area contributed by atoms with Gasteiger partial charge in [0.15, 0.2) is 5.75 Å². The summed E-state index contributed by atoms with van der Waals surface area (Å²) < 4.78 is 12.5. The highest BCUT2D eigenvalue weighted by Crippen LogP contribution is 2.42. The van der Waals surface area contributed by atoms with Gasteiger partial charge in [-0.2, -0.15) is 5.10 Å². The molecule has 182 valence electrons. The van der Waals surface area contributed by atoms with Crippen LogP contribution >= 0.6 is 0 Å². The Balaban J connectivity index is 1.85. The quantitative estimate of drug-likeness (QED) is 0.314. The Morgan fingerprint density at radius 2 is 1.83 bits per heavy atom. The Hall–Kier alpha value is -4.66. The highest BCUT2D eigenvalue weighted by atomic mass is 16.5. The van der Waals surface area contributed by atoms with Crippen molar-refractivity contribution in [3.63, 3.8) is 0 Å². The van der Waals surface area contributed by atoms with E-state index in [2.05, 4.69) is 0 Å². The van der Waals surface area contributed by atoms with Gasteiger partial charge in [-0.15, -0.1) is 0 Å². The third-order valence-corrected chi connectivity index (χ3v) is 6.36. The van der Waals surface area contributed by atoms with Crippen LogP contribution < -0.4 is 15.2 Å². The van der Waals surface area contributed by atoms with Crippen LogP contribution in [0.5, 0.6) is 11.5 Å². The first-order chi connectivity index (χ1) is 17.3. The van der Waals surface area contributed by atoms with Gasteiger partial charge in [-0.3, -0.25) is 9.59 Å². The molecule has 0 fully saturated rings. The maximum Gasteiger partial charge on any atom is 0.353 e. The number of fused-ring (bicyclic) bond motifs is 3.